The highest BCUT2D eigenvalue weighted by Crippen LogP contribution is 2.49. The quantitative estimate of drug-likeness (QED) is 0.122. The monoisotopic (exact) mass is 1030 g/mol. The summed E-state index contributed by atoms with van der Waals surface area (Å²) in [6.45, 7) is 27.4. The molecule has 8 aromatic rings. The highest BCUT2D eigenvalue weighted by Gasteiger charge is 2.49. The normalized spacial score (nSPS) is 14.2. The number of nitrogens with zero attached hydrogens (tertiary/aromatic N) is 4. The highest BCUT2D eigenvalue weighted by atomic mass is 16.2. The molecule has 0 spiro atoms. The van der Waals surface area contributed by atoms with E-state index >= 15 is 9.59 Å². The number of para-hydroxylation sites is 4. The number of rotatable bonds is 12. The number of anilines is 6. The van der Waals surface area contributed by atoms with Gasteiger partial charge in [0.15, 0.2) is 0 Å². The summed E-state index contributed by atoms with van der Waals surface area (Å²) in [5, 5.41) is 0. The Balaban J connectivity index is 1.19. The Kier molecular flexibility index (Phi) is 14.1. The van der Waals surface area contributed by atoms with E-state index in [0.29, 0.717) is 22.5 Å². The van der Waals surface area contributed by atoms with Crippen molar-refractivity contribution in [3.05, 3.63) is 262 Å². The van der Waals surface area contributed by atoms with E-state index in [4.69, 9.17) is 0 Å². The van der Waals surface area contributed by atoms with Crippen LogP contribution in [0.1, 0.15) is 128 Å². The molecule has 78 heavy (non-hydrogen) atoms. The van der Waals surface area contributed by atoms with Crippen LogP contribution in [0.3, 0.4) is 0 Å². The molecule has 10 rings (SSSR count). The molecule has 0 aliphatic carbocycles. The molecule has 0 fully saturated rings. The van der Waals surface area contributed by atoms with Crippen molar-refractivity contribution in [3.8, 4) is 0 Å². The molecule has 0 N–H and O–H groups in total. The van der Waals surface area contributed by atoms with Gasteiger partial charge in [-0.15, -0.1) is 0 Å². The lowest BCUT2D eigenvalue weighted by Gasteiger charge is -2.30. The zero-order valence-corrected chi connectivity index (χ0v) is 47.6. The van der Waals surface area contributed by atoms with Crippen molar-refractivity contribution in [1.29, 1.82) is 0 Å². The molecule has 0 radical (unpaired) electrons. The van der Waals surface area contributed by atoms with Crippen molar-refractivity contribution >= 4 is 57.3 Å². The molecular formula is C72H74N4O2. The third-order valence-corrected chi connectivity index (χ3v) is 15.2. The Labute approximate surface area is 464 Å². The minimum Gasteiger partial charge on any atom is -0.311 e. The zero-order valence-electron chi connectivity index (χ0n) is 47.6. The van der Waals surface area contributed by atoms with Gasteiger partial charge in [-0.05, 0) is 139 Å². The van der Waals surface area contributed by atoms with Gasteiger partial charge in [-0.1, -0.05) is 217 Å². The molecule has 6 nitrogen and oxygen atoms in total. The van der Waals surface area contributed by atoms with Gasteiger partial charge in [0.05, 0.1) is 35.6 Å². The lowest BCUT2D eigenvalue weighted by Crippen LogP contribution is -2.30. The fourth-order valence-corrected chi connectivity index (χ4v) is 10.7. The minimum absolute atomic E-state index is 0.145. The minimum atomic E-state index is -0.193. The summed E-state index contributed by atoms with van der Waals surface area (Å²) in [7, 11) is 0. The Hall–Kier alpha value is -8.22. The second-order valence-corrected chi connectivity index (χ2v) is 25.2. The van der Waals surface area contributed by atoms with Gasteiger partial charge in [0.1, 0.15) is 0 Å². The molecule has 0 saturated carbocycles. The van der Waals surface area contributed by atoms with Crippen molar-refractivity contribution in [2.24, 2.45) is 0 Å². The maximum atomic E-state index is 16.2. The number of carbonyl (C=O) groups is 2. The lowest BCUT2D eigenvalue weighted by atomic mass is 9.79. The zero-order chi connectivity index (χ0) is 55.3. The van der Waals surface area contributed by atoms with Crippen molar-refractivity contribution in [2.45, 2.75) is 118 Å². The van der Waals surface area contributed by atoms with Gasteiger partial charge in [0.25, 0.3) is 11.8 Å². The molecule has 2 aliphatic rings. The second-order valence-electron chi connectivity index (χ2n) is 25.2. The summed E-state index contributed by atoms with van der Waals surface area (Å²) in [6, 6.07) is 71.8. The lowest BCUT2D eigenvalue weighted by molar-refractivity contribution is -0.124. The fourth-order valence-electron chi connectivity index (χ4n) is 10.7. The van der Waals surface area contributed by atoms with Gasteiger partial charge in [-0.2, -0.15) is 0 Å². The number of hydrogen-bond acceptors (Lipinski definition) is 4. The number of amides is 2. The molecule has 0 saturated heterocycles. The summed E-state index contributed by atoms with van der Waals surface area (Å²) in [6.07, 6.45) is 0. The van der Waals surface area contributed by atoms with E-state index in [2.05, 4.69) is 275 Å². The Morgan fingerprint density at radius 3 is 0.769 bits per heavy atom. The molecule has 2 aliphatic heterocycles. The van der Waals surface area contributed by atoms with E-state index in [-0.39, 0.29) is 46.6 Å². The highest BCUT2D eigenvalue weighted by molar-refractivity contribution is 6.30. The molecule has 0 aromatic heterocycles. The smallest absolute Gasteiger partial charge is 0.261 e. The molecule has 0 atom stereocenters. The standard InChI is InChI=1S/C72H74N4O2/c1-69(2,3)53-41-49(42-54(45-53)70(4,5)6)47-73-65(51-33-37-61(38-34-51)75(57-25-17-13-18-26-57)58-27-19-14-20-28-58)63-64(67(73)77)66(74(68(63)78)48-50-43-55(71(7,8)9)46-56(44-50)72(10,11)12)52-35-39-62(40-36-52)76(59-29-21-15-22-30-59)60-31-23-16-24-32-60/h13-46H,47-48H2,1-12H3. The maximum Gasteiger partial charge on any atom is 0.261 e. The van der Waals surface area contributed by atoms with E-state index in [1.54, 1.807) is 0 Å². The van der Waals surface area contributed by atoms with Crippen LogP contribution in [-0.4, -0.2) is 21.6 Å². The molecule has 2 amide bonds. The first kappa shape index (κ1) is 53.2. The fraction of sp³-hybridized carbons (Fsp3) is 0.250. The number of benzene rings is 8. The molecule has 394 valence electrons. The Bertz CT molecular complexity index is 3170. The third kappa shape index (κ3) is 10.7. The summed E-state index contributed by atoms with van der Waals surface area (Å²) >= 11 is 0. The van der Waals surface area contributed by atoms with Crippen LogP contribution in [0.5, 0.6) is 0 Å². The topological polar surface area (TPSA) is 47.1 Å². The van der Waals surface area contributed by atoms with Crippen LogP contribution in [0.15, 0.2) is 217 Å². The molecule has 2 heterocycles. The average molecular weight is 1030 g/mol. The molecule has 8 aromatic carbocycles. The van der Waals surface area contributed by atoms with E-state index in [1.165, 1.54) is 22.3 Å². The van der Waals surface area contributed by atoms with Crippen molar-refractivity contribution < 1.29 is 9.59 Å². The summed E-state index contributed by atoms with van der Waals surface area (Å²) in [5.74, 6) is -0.386. The van der Waals surface area contributed by atoms with E-state index in [9.17, 15) is 0 Å². The summed E-state index contributed by atoms with van der Waals surface area (Å²) < 4.78 is 0. The second kappa shape index (κ2) is 20.6. The van der Waals surface area contributed by atoms with E-state index < -0.39 is 0 Å². The van der Waals surface area contributed by atoms with Gasteiger partial charge in [-0.3, -0.25) is 9.59 Å². The number of carbonyl (C=O) groups excluding carboxylic acids is 2. The van der Waals surface area contributed by atoms with Crippen LogP contribution >= 0.6 is 0 Å². The largest absolute Gasteiger partial charge is 0.311 e. The van der Waals surface area contributed by atoms with Crippen molar-refractivity contribution in [3.63, 3.8) is 0 Å². The van der Waals surface area contributed by atoms with Crippen molar-refractivity contribution in [1.82, 2.24) is 9.80 Å². The van der Waals surface area contributed by atoms with E-state index in [0.717, 1.165) is 56.4 Å². The van der Waals surface area contributed by atoms with Crippen LogP contribution in [0.4, 0.5) is 34.1 Å². The first-order valence-corrected chi connectivity index (χ1v) is 27.5. The van der Waals surface area contributed by atoms with Crippen LogP contribution in [0.25, 0.3) is 11.4 Å². The van der Waals surface area contributed by atoms with Crippen LogP contribution in [0, 0.1) is 0 Å². The Morgan fingerprint density at radius 1 is 0.308 bits per heavy atom. The van der Waals surface area contributed by atoms with Gasteiger partial charge < -0.3 is 19.6 Å². The maximum absolute atomic E-state index is 16.2. The predicted molar refractivity (Wildman–Crippen MR) is 325 cm³/mol. The Morgan fingerprint density at radius 2 is 0.538 bits per heavy atom. The van der Waals surface area contributed by atoms with Crippen LogP contribution in [-0.2, 0) is 44.3 Å². The molecule has 6 heteroatoms. The van der Waals surface area contributed by atoms with Crippen LogP contribution in [0.2, 0.25) is 0 Å². The number of fused-ring (bicyclic) bond motifs is 1. The third-order valence-electron chi connectivity index (χ3n) is 15.2. The first-order valence-electron chi connectivity index (χ1n) is 27.5. The molecule has 0 unspecified atom stereocenters. The molecule has 0 bridgehead atoms. The predicted octanol–water partition coefficient (Wildman–Crippen LogP) is 18.0. The first-order chi connectivity index (χ1) is 37.0. The van der Waals surface area contributed by atoms with Gasteiger partial charge in [0.2, 0.25) is 0 Å². The summed E-state index contributed by atoms with van der Waals surface area (Å²) in [4.78, 5) is 40.5. The van der Waals surface area contributed by atoms with E-state index in [1.807, 2.05) is 34.1 Å². The van der Waals surface area contributed by atoms with Crippen LogP contribution < -0.4 is 9.80 Å². The molecular weight excluding hydrogens is 953 g/mol. The van der Waals surface area contributed by atoms with Crippen molar-refractivity contribution in [2.75, 3.05) is 9.80 Å². The SMILES string of the molecule is CC(C)(C)c1cc(CN2C(=O)C3=C(c4ccc(N(c5ccccc5)c5ccccc5)cc4)N(Cc4cc(C(C)(C)C)cc(C(C)(C)C)c4)C(=O)C3=C2c2ccc(N(c3ccccc3)c3ccccc3)cc2)cc(C(C)(C)C)c1. The van der Waals surface area contributed by atoms with Gasteiger partial charge in [-0.25, -0.2) is 0 Å². The van der Waals surface area contributed by atoms with Gasteiger partial charge in [0, 0.05) is 34.1 Å². The van der Waals surface area contributed by atoms with Gasteiger partial charge >= 0.3 is 0 Å². The number of hydrogen-bond donors (Lipinski definition) is 0. The summed E-state index contributed by atoms with van der Waals surface area (Å²) in [5.41, 5.74) is 15.9. The average Bonchev–Trinajstić information content (AvgIpc) is 4.10.